The molecule has 0 saturated carbocycles. The van der Waals surface area contributed by atoms with Gasteiger partial charge in [0.05, 0.1) is 5.92 Å². The lowest BCUT2D eigenvalue weighted by atomic mass is 9.91. The maximum Gasteiger partial charge on any atom is 0.509 e. The number of carbonyl (C=O) groups excluding carboxylic acids is 1. The lowest BCUT2D eigenvalue weighted by Gasteiger charge is -2.42. The van der Waals surface area contributed by atoms with Gasteiger partial charge in [0.1, 0.15) is 5.75 Å². The molecule has 1 rings (SSSR count). The van der Waals surface area contributed by atoms with Crippen molar-refractivity contribution < 1.29 is 27.0 Å². The summed E-state index contributed by atoms with van der Waals surface area (Å²) < 4.78 is 25.6. The quantitative estimate of drug-likeness (QED) is 0.267. The summed E-state index contributed by atoms with van der Waals surface area (Å²) >= 11 is 0. The summed E-state index contributed by atoms with van der Waals surface area (Å²) in [6.45, 7) is 23.0. The minimum absolute atomic E-state index is 0.0581. The molecule has 10 heteroatoms. The molecule has 184 valence electrons. The van der Waals surface area contributed by atoms with Crippen LogP contribution in [0.5, 0.6) is 5.75 Å². The highest BCUT2D eigenvalue weighted by Crippen LogP contribution is 2.28. The van der Waals surface area contributed by atoms with Crippen molar-refractivity contribution in [2.75, 3.05) is 6.23 Å². The van der Waals surface area contributed by atoms with Gasteiger partial charge in [-0.2, -0.15) is 0 Å². The number of phenols is 1. The van der Waals surface area contributed by atoms with Crippen LogP contribution < -0.4 is 0 Å². The van der Waals surface area contributed by atoms with E-state index in [9.17, 15) is 9.90 Å². The summed E-state index contributed by atoms with van der Waals surface area (Å²) in [5.74, 6) is -0.141. The minimum Gasteiger partial charge on any atom is -0.508 e. The summed E-state index contributed by atoms with van der Waals surface area (Å²) in [7, 11) is -9.27. The molecule has 2 unspecified atom stereocenters. The number of benzene rings is 1. The van der Waals surface area contributed by atoms with Crippen molar-refractivity contribution in [2.45, 2.75) is 85.1 Å². The van der Waals surface area contributed by atoms with Gasteiger partial charge in [-0.3, -0.25) is 4.79 Å². The van der Waals surface area contributed by atoms with Crippen LogP contribution in [0.25, 0.3) is 0 Å². The summed E-state index contributed by atoms with van der Waals surface area (Å²) in [6, 6.07) is 7.12. The highest BCUT2D eigenvalue weighted by atomic mass is 28.5. The normalized spacial score (nSPS) is 15.3. The first-order valence-electron chi connectivity index (χ1n) is 11.4. The molecule has 2 atom stereocenters. The van der Waals surface area contributed by atoms with Crippen LogP contribution in [0.15, 0.2) is 24.3 Å². The fraction of sp³-hybridized carbons (Fsp3) is 0.682. The first-order chi connectivity index (χ1) is 14.3. The summed E-state index contributed by atoms with van der Waals surface area (Å²) in [5, 5.41) is 9.50. The van der Waals surface area contributed by atoms with Crippen molar-refractivity contribution >= 4 is 39.7 Å². The molecule has 0 amide bonds. The molecule has 6 nitrogen and oxygen atoms in total. The van der Waals surface area contributed by atoms with Gasteiger partial charge in [0.25, 0.3) is 0 Å². The van der Waals surface area contributed by atoms with Gasteiger partial charge in [-0.1, -0.05) is 26.0 Å². The Morgan fingerprint density at radius 2 is 1.22 bits per heavy atom. The van der Waals surface area contributed by atoms with Crippen LogP contribution in [0.3, 0.4) is 0 Å². The Labute approximate surface area is 199 Å². The van der Waals surface area contributed by atoms with Crippen LogP contribution in [-0.2, 0) is 21.9 Å². The van der Waals surface area contributed by atoms with Crippen molar-refractivity contribution in [3.8, 4) is 5.75 Å². The smallest absolute Gasteiger partial charge is 0.508 e. The molecule has 0 aliphatic carbocycles. The van der Waals surface area contributed by atoms with Gasteiger partial charge >= 0.3 is 14.8 Å². The zero-order chi connectivity index (χ0) is 25.0. The van der Waals surface area contributed by atoms with E-state index in [0.29, 0.717) is 6.42 Å². The molecule has 0 bridgehead atoms. The maximum absolute atomic E-state index is 12.9. The summed E-state index contributed by atoms with van der Waals surface area (Å²) in [6.07, 6.45) is 0.708. The molecule has 0 saturated heterocycles. The molecule has 32 heavy (non-hydrogen) atoms. The summed E-state index contributed by atoms with van der Waals surface area (Å²) in [4.78, 5) is 12.9. The van der Waals surface area contributed by atoms with Crippen LogP contribution in [0.2, 0.25) is 58.9 Å². The molecule has 0 aromatic heterocycles. The van der Waals surface area contributed by atoms with Crippen LogP contribution in [-0.4, -0.2) is 51.1 Å². The predicted octanol–water partition coefficient (Wildman–Crippen LogP) is 6.10. The van der Waals surface area contributed by atoms with Crippen molar-refractivity contribution in [3.63, 3.8) is 0 Å². The van der Waals surface area contributed by atoms with Gasteiger partial charge in [0.2, 0.25) is 0 Å². The van der Waals surface area contributed by atoms with Crippen molar-refractivity contribution in [2.24, 2.45) is 5.92 Å². The molecule has 0 heterocycles. The van der Waals surface area contributed by atoms with Crippen LogP contribution in [0.1, 0.15) is 31.7 Å². The SMILES string of the molecule is CC(CC(C)c1ccc(O)cc1)C(=O)OC[Si](O[Si](C)(C)C)(O[Si](C)(C)C)O[Si](C)(C)C. The van der Waals surface area contributed by atoms with E-state index in [4.69, 9.17) is 17.1 Å². The van der Waals surface area contributed by atoms with Crippen molar-refractivity contribution in [3.05, 3.63) is 29.8 Å². The van der Waals surface area contributed by atoms with Crippen molar-refractivity contribution in [1.82, 2.24) is 0 Å². The van der Waals surface area contributed by atoms with Gasteiger partial charge in [-0.05, 0) is 89.0 Å². The van der Waals surface area contributed by atoms with E-state index >= 15 is 0 Å². The topological polar surface area (TPSA) is 74.2 Å². The largest absolute Gasteiger partial charge is 0.509 e. The second-order valence-corrected chi connectivity index (χ2v) is 28.3. The molecular formula is C22H44O6Si4. The third-order valence-electron chi connectivity index (χ3n) is 4.35. The van der Waals surface area contributed by atoms with E-state index in [2.05, 4.69) is 65.8 Å². The first-order valence-corrected chi connectivity index (χ1v) is 23.5. The maximum atomic E-state index is 12.9. The number of hydrogen-bond donors (Lipinski definition) is 1. The molecule has 0 aliphatic rings. The highest BCUT2D eigenvalue weighted by molar-refractivity contribution is 6.90. The molecule has 1 aromatic carbocycles. The molecule has 1 N–H and O–H groups in total. The first kappa shape index (κ1) is 29.3. The number of aromatic hydroxyl groups is 1. The van der Waals surface area contributed by atoms with Gasteiger partial charge < -0.3 is 22.2 Å². The second-order valence-electron chi connectivity index (χ2n) is 11.6. The molecule has 0 radical (unpaired) electrons. The zero-order valence-electron chi connectivity index (χ0n) is 21.9. The van der Waals surface area contributed by atoms with Gasteiger partial charge in [0, 0.05) is 0 Å². The summed E-state index contributed by atoms with van der Waals surface area (Å²) in [5.41, 5.74) is 1.08. The number of carbonyl (C=O) groups is 1. The Bertz CT molecular complexity index is 694. The lowest BCUT2D eigenvalue weighted by molar-refractivity contribution is -0.147. The van der Waals surface area contributed by atoms with Crippen LogP contribution in [0, 0.1) is 5.92 Å². The third kappa shape index (κ3) is 11.4. The third-order valence-corrected chi connectivity index (χ3v) is 15.9. The predicted molar refractivity (Wildman–Crippen MR) is 140 cm³/mol. The Morgan fingerprint density at radius 3 is 1.59 bits per heavy atom. The zero-order valence-corrected chi connectivity index (χ0v) is 25.9. The lowest BCUT2D eigenvalue weighted by Crippen LogP contribution is -2.63. The van der Waals surface area contributed by atoms with E-state index in [1.807, 2.05) is 19.1 Å². The van der Waals surface area contributed by atoms with E-state index < -0.39 is 33.8 Å². The van der Waals surface area contributed by atoms with E-state index in [-0.39, 0.29) is 29.8 Å². The monoisotopic (exact) mass is 516 g/mol. The molecular weight excluding hydrogens is 473 g/mol. The molecule has 0 aliphatic heterocycles. The van der Waals surface area contributed by atoms with Gasteiger partial charge in [-0.15, -0.1) is 0 Å². The van der Waals surface area contributed by atoms with Crippen LogP contribution >= 0.6 is 0 Å². The number of hydrogen-bond acceptors (Lipinski definition) is 6. The highest BCUT2D eigenvalue weighted by Gasteiger charge is 2.51. The Balaban J connectivity index is 2.97. The second kappa shape index (κ2) is 11.1. The molecule has 1 aromatic rings. The van der Waals surface area contributed by atoms with E-state index in [1.54, 1.807) is 12.1 Å². The van der Waals surface area contributed by atoms with E-state index in [1.165, 1.54) is 0 Å². The van der Waals surface area contributed by atoms with Gasteiger partial charge in [0.15, 0.2) is 31.2 Å². The number of ether oxygens (including phenoxy) is 1. The number of phenolic OH excluding ortho intramolecular Hbond substituents is 1. The number of rotatable bonds is 12. The van der Waals surface area contributed by atoms with Gasteiger partial charge in [-0.25, -0.2) is 0 Å². The van der Waals surface area contributed by atoms with E-state index in [0.717, 1.165) is 5.56 Å². The standard InChI is InChI=1S/C22H44O6Si4/c1-18(20-12-14-21(23)15-13-20)16-19(2)22(24)25-17-32(26-29(3,4)5,27-30(6,7)8)28-31(9,10)11/h12-15,18-19,23H,16-17H2,1-11H3. The molecule has 0 spiro atoms. The fourth-order valence-electron chi connectivity index (χ4n) is 3.42. The Kier molecular flexibility index (Phi) is 10.2. The fourth-order valence-corrected chi connectivity index (χ4v) is 17.3. The minimum atomic E-state index is -3.21. The molecule has 0 fully saturated rings. The van der Waals surface area contributed by atoms with Crippen molar-refractivity contribution in [1.29, 1.82) is 0 Å². The number of esters is 1. The average molecular weight is 517 g/mol. The Morgan fingerprint density at radius 1 is 0.812 bits per heavy atom. The Hall–Kier alpha value is -0.762. The van der Waals surface area contributed by atoms with Crippen LogP contribution in [0.4, 0.5) is 0 Å². The average Bonchev–Trinajstić information content (AvgIpc) is 2.55.